The van der Waals surface area contributed by atoms with Crippen LogP contribution >= 0.6 is 11.6 Å². The summed E-state index contributed by atoms with van der Waals surface area (Å²) in [5.41, 5.74) is 7.10. The molecule has 1 aromatic rings. The Bertz CT molecular complexity index is 399. The van der Waals surface area contributed by atoms with Gasteiger partial charge in [0.2, 0.25) is 0 Å². The van der Waals surface area contributed by atoms with Gasteiger partial charge in [-0.1, -0.05) is 38.4 Å². The summed E-state index contributed by atoms with van der Waals surface area (Å²) in [6, 6.07) is 5.72. The molecule has 0 unspecified atom stereocenters. The number of hydrogen-bond acceptors (Lipinski definition) is 2. The van der Waals surface area contributed by atoms with Crippen LogP contribution in [0.1, 0.15) is 40.2 Å². The maximum Gasteiger partial charge on any atom is 0.168 e. The molecule has 0 amide bonds. The van der Waals surface area contributed by atoms with Crippen molar-refractivity contribution in [2.75, 3.05) is 5.73 Å². The Balaban J connectivity index is 2.85. The van der Waals surface area contributed by atoms with Crippen LogP contribution in [0, 0.1) is 0 Å². The van der Waals surface area contributed by atoms with Gasteiger partial charge in [0.05, 0.1) is 16.3 Å². The maximum absolute atomic E-state index is 6.11. The third-order valence-corrected chi connectivity index (χ3v) is 4.62. The van der Waals surface area contributed by atoms with E-state index in [9.17, 15) is 0 Å². The summed E-state index contributed by atoms with van der Waals surface area (Å²) in [4.78, 5) is 0. The monoisotopic (exact) mass is 271 g/mol. The highest BCUT2D eigenvalue weighted by molar-refractivity contribution is 6.33. The molecule has 0 aromatic heterocycles. The Morgan fingerprint density at radius 1 is 1.18 bits per heavy atom. The third kappa shape index (κ3) is 4.34. The van der Waals surface area contributed by atoms with E-state index in [1.807, 2.05) is 18.2 Å². The molecule has 0 atom stereocenters. The van der Waals surface area contributed by atoms with Crippen molar-refractivity contribution in [2.45, 2.75) is 45.3 Å². The second-order valence-corrected chi connectivity index (χ2v) is 9.20. The van der Waals surface area contributed by atoms with Crippen molar-refractivity contribution in [2.24, 2.45) is 0 Å². The van der Waals surface area contributed by atoms with Crippen molar-refractivity contribution in [1.82, 2.24) is 0 Å². The van der Waals surface area contributed by atoms with Crippen LogP contribution in [-0.4, -0.2) is 9.76 Å². The van der Waals surface area contributed by atoms with Gasteiger partial charge in [-0.15, -0.1) is 0 Å². The van der Waals surface area contributed by atoms with Gasteiger partial charge in [-0.05, 0) is 36.6 Å². The second kappa shape index (κ2) is 5.00. The fourth-order valence-electron chi connectivity index (χ4n) is 1.38. The molecule has 4 heteroatoms. The topological polar surface area (TPSA) is 35.2 Å². The van der Waals surface area contributed by atoms with Gasteiger partial charge >= 0.3 is 0 Å². The lowest BCUT2D eigenvalue weighted by Crippen LogP contribution is -2.27. The van der Waals surface area contributed by atoms with E-state index in [1.54, 1.807) is 0 Å². The molecule has 2 nitrogen and oxygen atoms in total. The minimum Gasteiger partial charge on any atom is -0.415 e. The van der Waals surface area contributed by atoms with E-state index in [-0.39, 0.29) is 10.6 Å². The van der Waals surface area contributed by atoms with Crippen molar-refractivity contribution in [1.29, 1.82) is 0 Å². The molecule has 0 saturated carbocycles. The van der Waals surface area contributed by atoms with E-state index in [1.165, 1.54) is 0 Å². The first-order valence-electron chi connectivity index (χ1n) is 5.81. The first-order valence-corrected chi connectivity index (χ1v) is 7.47. The fourth-order valence-corrected chi connectivity index (χ4v) is 2.52. The lowest BCUT2D eigenvalue weighted by molar-refractivity contribution is 0.109. The van der Waals surface area contributed by atoms with Crippen molar-refractivity contribution in [3.05, 3.63) is 28.8 Å². The van der Waals surface area contributed by atoms with Crippen LogP contribution in [0.2, 0.25) is 10.1 Å². The zero-order valence-electron chi connectivity index (χ0n) is 11.3. The Labute approximate surface area is 111 Å². The summed E-state index contributed by atoms with van der Waals surface area (Å²) in [5, 5.41) is 0.881. The first-order chi connectivity index (χ1) is 7.62. The summed E-state index contributed by atoms with van der Waals surface area (Å²) in [6.45, 7) is 10.8. The average Bonchev–Trinajstić information content (AvgIpc) is 2.18. The van der Waals surface area contributed by atoms with Crippen molar-refractivity contribution >= 4 is 27.1 Å². The zero-order valence-corrected chi connectivity index (χ0v) is 13.5. The molecule has 0 aliphatic heterocycles. The molecule has 0 saturated heterocycles. The average molecular weight is 272 g/mol. The number of hydrogen-bond donors (Lipinski definition) is 1. The Morgan fingerprint density at radius 2 is 1.76 bits per heavy atom. The van der Waals surface area contributed by atoms with Crippen LogP contribution in [0.15, 0.2) is 18.2 Å². The predicted octanol–water partition coefficient (Wildman–Crippen LogP) is 3.48. The molecule has 96 valence electrons. The lowest BCUT2D eigenvalue weighted by atomic mass is 9.98. The van der Waals surface area contributed by atoms with E-state index in [4.69, 9.17) is 21.8 Å². The molecular weight excluding hydrogens is 250 g/mol. The highest BCUT2D eigenvalue weighted by Crippen LogP contribution is 2.32. The van der Waals surface area contributed by atoms with Crippen molar-refractivity contribution < 1.29 is 4.43 Å². The Morgan fingerprint density at radius 3 is 2.24 bits per heavy atom. The van der Waals surface area contributed by atoms with E-state index in [0.717, 1.165) is 5.56 Å². The van der Waals surface area contributed by atoms with Crippen molar-refractivity contribution in [3.8, 4) is 0 Å². The molecule has 2 N–H and O–H groups in total. The second-order valence-electron chi connectivity index (χ2n) is 6.10. The van der Waals surface area contributed by atoms with E-state index >= 15 is 0 Å². The fraction of sp³-hybridized carbons (Fsp3) is 0.538. The van der Waals surface area contributed by atoms with Gasteiger partial charge in [-0.25, -0.2) is 0 Å². The van der Waals surface area contributed by atoms with E-state index in [2.05, 4.69) is 34.6 Å². The molecule has 17 heavy (non-hydrogen) atoms. The molecule has 1 aromatic carbocycles. The van der Waals surface area contributed by atoms with Crippen LogP contribution in [0.4, 0.5) is 5.69 Å². The summed E-state index contributed by atoms with van der Waals surface area (Å²) in [6.07, 6.45) is 0. The molecule has 0 fully saturated rings. The maximum atomic E-state index is 6.11. The third-order valence-electron chi connectivity index (χ3n) is 2.56. The van der Waals surface area contributed by atoms with E-state index in [0.29, 0.717) is 10.7 Å². The number of halogens is 1. The van der Waals surface area contributed by atoms with Crippen LogP contribution in [0.5, 0.6) is 0 Å². The van der Waals surface area contributed by atoms with Gasteiger partial charge < -0.3 is 10.2 Å². The van der Waals surface area contributed by atoms with Gasteiger partial charge in [0.25, 0.3) is 0 Å². The summed E-state index contributed by atoms with van der Waals surface area (Å²) < 4.78 is 6.11. The summed E-state index contributed by atoms with van der Waals surface area (Å²) >= 11 is 6.04. The summed E-state index contributed by atoms with van der Waals surface area (Å²) in [5.74, 6) is 0. The normalized spacial score (nSPS) is 13.5. The number of nitrogens with two attached hydrogens (primary N) is 1. The number of benzene rings is 1. The predicted molar refractivity (Wildman–Crippen MR) is 78.2 cm³/mol. The van der Waals surface area contributed by atoms with Gasteiger partial charge in [-0.3, -0.25) is 0 Å². The van der Waals surface area contributed by atoms with Crippen LogP contribution in [-0.2, 0) is 10.0 Å². The Kier molecular flexibility index (Phi) is 4.28. The highest BCUT2D eigenvalue weighted by Gasteiger charge is 2.24. The van der Waals surface area contributed by atoms with Gasteiger partial charge in [0.1, 0.15) is 0 Å². The molecule has 0 heterocycles. The largest absolute Gasteiger partial charge is 0.415 e. The molecule has 0 aliphatic rings. The standard InChI is InChI=1S/C13H22ClNOSi/c1-12(2,3)17-16-13(4,5)9-6-7-11(15)10(14)8-9/h6-8H,15,17H2,1-5H3. The molecular formula is C13H22ClNOSi. The van der Waals surface area contributed by atoms with Crippen LogP contribution in [0.3, 0.4) is 0 Å². The van der Waals surface area contributed by atoms with Crippen LogP contribution < -0.4 is 5.73 Å². The lowest BCUT2D eigenvalue weighted by Gasteiger charge is -2.30. The number of rotatable bonds is 3. The molecule has 0 spiro atoms. The quantitative estimate of drug-likeness (QED) is 0.675. The van der Waals surface area contributed by atoms with Gasteiger partial charge in [-0.2, -0.15) is 0 Å². The highest BCUT2D eigenvalue weighted by atomic mass is 35.5. The zero-order chi connectivity index (χ0) is 13.3. The van der Waals surface area contributed by atoms with E-state index < -0.39 is 9.76 Å². The minimum atomic E-state index is -0.595. The first kappa shape index (κ1) is 14.5. The Hall–Kier alpha value is -0.513. The van der Waals surface area contributed by atoms with Gasteiger partial charge in [0.15, 0.2) is 9.76 Å². The van der Waals surface area contributed by atoms with Gasteiger partial charge in [0, 0.05) is 0 Å². The smallest absolute Gasteiger partial charge is 0.168 e. The summed E-state index contributed by atoms with van der Waals surface area (Å²) in [7, 11) is -0.595. The number of nitrogen functional groups attached to an aromatic ring is 1. The molecule has 0 radical (unpaired) electrons. The minimum absolute atomic E-state index is 0.287. The van der Waals surface area contributed by atoms with Crippen molar-refractivity contribution in [3.63, 3.8) is 0 Å². The SMILES string of the molecule is CC(C)(C)[SiH2]OC(C)(C)c1ccc(N)c(Cl)c1. The molecule has 0 bridgehead atoms. The molecule has 0 aliphatic carbocycles. The number of anilines is 1. The molecule has 1 rings (SSSR count). The van der Waals surface area contributed by atoms with Crippen LogP contribution in [0.25, 0.3) is 0 Å².